The molecule has 1 amide bonds. The zero-order chi connectivity index (χ0) is 20.4. The summed E-state index contributed by atoms with van der Waals surface area (Å²) in [6.45, 7) is 0. The number of carbonyl (C=O) groups is 1. The molecule has 1 N–H and O–H groups in total. The van der Waals surface area contributed by atoms with E-state index in [0.29, 0.717) is 21.5 Å². The number of nitro benzene ring substituents is 1. The fraction of sp³-hybridized carbons (Fsp3) is 0. The number of nitro groups is 1. The summed E-state index contributed by atoms with van der Waals surface area (Å²) in [5, 5.41) is 20.5. The zero-order valence-corrected chi connectivity index (χ0v) is 16.2. The van der Waals surface area contributed by atoms with Crippen molar-refractivity contribution in [3.05, 3.63) is 87.0 Å². The number of rotatable bonds is 5. The van der Waals surface area contributed by atoms with Crippen molar-refractivity contribution in [1.82, 2.24) is 14.8 Å². The average molecular weight is 426 g/mol. The Morgan fingerprint density at radius 3 is 2.62 bits per heavy atom. The molecule has 2 heterocycles. The number of thiazole rings is 1. The first-order chi connectivity index (χ1) is 14.0. The Morgan fingerprint density at radius 1 is 1.14 bits per heavy atom. The van der Waals surface area contributed by atoms with Crippen molar-refractivity contribution >= 4 is 39.7 Å². The predicted octanol–water partition coefficient (Wildman–Crippen LogP) is 4.81. The number of halogens is 1. The Morgan fingerprint density at radius 2 is 1.90 bits per heavy atom. The summed E-state index contributed by atoms with van der Waals surface area (Å²) in [6.07, 6.45) is 1.60. The minimum atomic E-state index is -0.476. The number of hydrogen-bond donors (Lipinski definition) is 1. The van der Waals surface area contributed by atoms with Crippen molar-refractivity contribution in [2.75, 3.05) is 5.32 Å². The molecule has 0 atom stereocenters. The number of hydrogen-bond acceptors (Lipinski definition) is 6. The number of anilines is 1. The van der Waals surface area contributed by atoms with Gasteiger partial charge in [0.05, 0.1) is 16.3 Å². The highest BCUT2D eigenvalue weighted by atomic mass is 35.5. The molecular weight excluding hydrogens is 414 g/mol. The third-order valence-corrected chi connectivity index (χ3v) is 5.11. The Balaban J connectivity index is 1.49. The summed E-state index contributed by atoms with van der Waals surface area (Å²) >= 11 is 7.47. The second-order valence-corrected chi connectivity index (χ2v) is 7.16. The molecule has 8 nitrogen and oxygen atoms in total. The molecule has 4 rings (SSSR count). The molecule has 2 aromatic heterocycles. The van der Waals surface area contributed by atoms with E-state index in [2.05, 4.69) is 15.4 Å². The van der Waals surface area contributed by atoms with Gasteiger partial charge < -0.3 is 0 Å². The minimum Gasteiger partial charge on any atom is -0.296 e. The van der Waals surface area contributed by atoms with Crippen molar-refractivity contribution in [2.24, 2.45) is 0 Å². The Kier molecular flexibility index (Phi) is 5.07. The SMILES string of the molecule is O=C(Nc1nc(-c2ccccc2Cl)cs1)c1ccn(-c2ccc([N+](=O)[O-])cc2)n1. The van der Waals surface area contributed by atoms with Crippen LogP contribution in [0, 0.1) is 10.1 Å². The van der Waals surface area contributed by atoms with Gasteiger partial charge in [0.25, 0.3) is 11.6 Å². The van der Waals surface area contributed by atoms with E-state index in [0.717, 1.165) is 5.56 Å². The molecule has 29 heavy (non-hydrogen) atoms. The second-order valence-electron chi connectivity index (χ2n) is 5.89. The third kappa shape index (κ3) is 4.00. The Hall–Kier alpha value is -3.56. The molecule has 0 aliphatic carbocycles. The monoisotopic (exact) mass is 425 g/mol. The summed E-state index contributed by atoms with van der Waals surface area (Å²) in [5.41, 5.74) is 2.24. The molecule has 0 fully saturated rings. The molecule has 144 valence electrons. The largest absolute Gasteiger partial charge is 0.296 e. The van der Waals surface area contributed by atoms with Gasteiger partial charge in [0.1, 0.15) is 0 Å². The Labute approximate surface area is 173 Å². The van der Waals surface area contributed by atoms with Crippen LogP contribution in [0.1, 0.15) is 10.5 Å². The van der Waals surface area contributed by atoms with Gasteiger partial charge in [-0.2, -0.15) is 5.10 Å². The molecule has 0 bridgehead atoms. The van der Waals surface area contributed by atoms with E-state index in [-0.39, 0.29) is 11.4 Å². The summed E-state index contributed by atoms with van der Waals surface area (Å²) in [5.74, 6) is -0.411. The average Bonchev–Trinajstić information content (AvgIpc) is 3.38. The standard InChI is InChI=1S/C19H12ClN5O3S/c20-15-4-2-1-3-14(15)17-11-29-19(21-17)22-18(26)16-9-10-24(23-16)12-5-7-13(8-6-12)25(27)28/h1-11H,(H,21,22,26). The lowest BCUT2D eigenvalue weighted by Gasteiger charge is -2.01. The third-order valence-electron chi connectivity index (χ3n) is 4.02. The molecule has 4 aromatic rings. The van der Waals surface area contributed by atoms with Gasteiger partial charge in [-0.15, -0.1) is 11.3 Å². The van der Waals surface area contributed by atoms with Gasteiger partial charge in [0.15, 0.2) is 10.8 Å². The zero-order valence-electron chi connectivity index (χ0n) is 14.7. The van der Waals surface area contributed by atoms with Crippen LogP contribution >= 0.6 is 22.9 Å². The van der Waals surface area contributed by atoms with E-state index in [1.165, 1.54) is 28.2 Å². The number of nitrogens with one attached hydrogen (secondary N) is 1. The highest BCUT2D eigenvalue weighted by molar-refractivity contribution is 7.14. The predicted molar refractivity (Wildman–Crippen MR) is 111 cm³/mol. The lowest BCUT2D eigenvalue weighted by atomic mass is 10.2. The van der Waals surface area contributed by atoms with Crippen LogP contribution in [0.3, 0.4) is 0 Å². The van der Waals surface area contributed by atoms with Gasteiger partial charge in [-0.1, -0.05) is 29.8 Å². The van der Waals surface area contributed by atoms with Gasteiger partial charge in [0, 0.05) is 34.3 Å². The summed E-state index contributed by atoms with van der Waals surface area (Å²) in [7, 11) is 0. The highest BCUT2D eigenvalue weighted by Crippen LogP contribution is 2.30. The lowest BCUT2D eigenvalue weighted by molar-refractivity contribution is -0.384. The van der Waals surface area contributed by atoms with E-state index in [1.807, 2.05) is 23.6 Å². The maximum atomic E-state index is 12.5. The lowest BCUT2D eigenvalue weighted by Crippen LogP contribution is -2.13. The maximum absolute atomic E-state index is 12.5. The van der Waals surface area contributed by atoms with Crippen molar-refractivity contribution in [2.45, 2.75) is 0 Å². The second kappa shape index (κ2) is 7.82. The normalized spacial score (nSPS) is 10.7. The molecule has 0 aliphatic heterocycles. The first-order valence-corrected chi connectivity index (χ1v) is 9.59. The number of carbonyl (C=O) groups excluding carboxylic acids is 1. The molecule has 2 aromatic carbocycles. The molecule has 0 radical (unpaired) electrons. The summed E-state index contributed by atoms with van der Waals surface area (Å²) in [4.78, 5) is 27.1. The van der Waals surface area contributed by atoms with E-state index in [4.69, 9.17) is 11.6 Å². The molecule has 0 unspecified atom stereocenters. The first-order valence-electron chi connectivity index (χ1n) is 8.33. The van der Waals surface area contributed by atoms with E-state index in [9.17, 15) is 14.9 Å². The topological polar surface area (TPSA) is 103 Å². The molecule has 0 saturated carbocycles. The molecular formula is C19H12ClN5O3S. The highest BCUT2D eigenvalue weighted by Gasteiger charge is 2.14. The van der Waals surface area contributed by atoms with Crippen LogP contribution in [-0.4, -0.2) is 25.6 Å². The molecule has 0 spiro atoms. The van der Waals surface area contributed by atoms with E-state index in [1.54, 1.807) is 30.5 Å². The van der Waals surface area contributed by atoms with Gasteiger partial charge in [-0.25, -0.2) is 9.67 Å². The summed E-state index contributed by atoms with van der Waals surface area (Å²) < 4.78 is 1.47. The number of benzene rings is 2. The minimum absolute atomic E-state index is 0.0167. The molecule has 0 saturated heterocycles. The number of amides is 1. The number of non-ortho nitro benzene ring substituents is 1. The maximum Gasteiger partial charge on any atom is 0.277 e. The smallest absolute Gasteiger partial charge is 0.277 e. The van der Waals surface area contributed by atoms with Crippen molar-refractivity contribution in [1.29, 1.82) is 0 Å². The Bertz CT molecular complexity index is 1200. The van der Waals surface area contributed by atoms with Crippen molar-refractivity contribution in [3.8, 4) is 16.9 Å². The quantitative estimate of drug-likeness (QED) is 0.365. The number of aromatic nitrogens is 3. The van der Waals surface area contributed by atoms with Crippen molar-refractivity contribution < 1.29 is 9.72 Å². The van der Waals surface area contributed by atoms with Gasteiger partial charge in [-0.3, -0.25) is 20.2 Å². The van der Waals surface area contributed by atoms with Gasteiger partial charge in [0.2, 0.25) is 0 Å². The van der Waals surface area contributed by atoms with Crippen LogP contribution in [0.25, 0.3) is 16.9 Å². The van der Waals surface area contributed by atoms with E-state index >= 15 is 0 Å². The van der Waals surface area contributed by atoms with Crippen LogP contribution < -0.4 is 5.32 Å². The van der Waals surface area contributed by atoms with Crippen LogP contribution in [0.2, 0.25) is 5.02 Å². The van der Waals surface area contributed by atoms with Crippen LogP contribution in [0.15, 0.2) is 66.2 Å². The molecule has 10 heteroatoms. The fourth-order valence-electron chi connectivity index (χ4n) is 2.60. The van der Waals surface area contributed by atoms with E-state index < -0.39 is 10.8 Å². The van der Waals surface area contributed by atoms with Gasteiger partial charge in [-0.05, 0) is 24.3 Å². The van der Waals surface area contributed by atoms with Crippen LogP contribution in [-0.2, 0) is 0 Å². The molecule has 0 aliphatic rings. The number of nitrogens with zero attached hydrogens (tertiary/aromatic N) is 4. The van der Waals surface area contributed by atoms with Gasteiger partial charge >= 0.3 is 0 Å². The summed E-state index contributed by atoms with van der Waals surface area (Å²) in [6, 6.07) is 14.8. The van der Waals surface area contributed by atoms with Crippen LogP contribution in [0.5, 0.6) is 0 Å². The van der Waals surface area contributed by atoms with Crippen LogP contribution in [0.4, 0.5) is 10.8 Å². The van der Waals surface area contributed by atoms with Crippen molar-refractivity contribution in [3.63, 3.8) is 0 Å². The first kappa shape index (κ1) is 18.8. The fourth-order valence-corrected chi connectivity index (χ4v) is 3.54.